The summed E-state index contributed by atoms with van der Waals surface area (Å²) >= 11 is 0. The van der Waals surface area contributed by atoms with E-state index in [1.54, 1.807) is 20.9 Å². The van der Waals surface area contributed by atoms with Crippen molar-refractivity contribution in [1.29, 1.82) is 0 Å². The zero-order valence-corrected chi connectivity index (χ0v) is 17.9. The molecular weight excluding hydrogens is 433 g/mol. The summed E-state index contributed by atoms with van der Waals surface area (Å²) in [6.45, 7) is 3.24. The number of amides is 4. The monoisotopic (exact) mass is 454 g/mol. The number of ether oxygens (including phenoxy) is 1. The van der Waals surface area contributed by atoms with Gasteiger partial charge in [-0.05, 0) is 17.7 Å². The first kappa shape index (κ1) is 23.1. The number of nitrogens with zero attached hydrogens (tertiary/aromatic N) is 4. The first-order valence-corrected chi connectivity index (χ1v) is 9.46. The summed E-state index contributed by atoms with van der Waals surface area (Å²) < 4.78 is 43.6. The number of rotatable bonds is 4. The summed E-state index contributed by atoms with van der Waals surface area (Å²) in [6.07, 6.45) is -4.90. The van der Waals surface area contributed by atoms with E-state index in [1.807, 2.05) is 0 Å². The summed E-state index contributed by atoms with van der Waals surface area (Å²) in [5.74, 6) is -4.77. The number of carbonyl (C=O) groups is 3. The van der Waals surface area contributed by atoms with Crippen molar-refractivity contribution in [3.8, 4) is 5.75 Å². The van der Waals surface area contributed by atoms with Crippen molar-refractivity contribution in [3.63, 3.8) is 0 Å². The minimum atomic E-state index is -4.90. The van der Waals surface area contributed by atoms with Crippen molar-refractivity contribution in [1.82, 2.24) is 14.4 Å². The zero-order chi connectivity index (χ0) is 24.1. The lowest BCUT2D eigenvalue weighted by molar-refractivity contribution is -0.621. The third-order valence-electron chi connectivity index (χ3n) is 5.73. The fraction of sp³-hybridized carbons (Fsp3) is 0.400. The van der Waals surface area contributed by atoms with Gasteiger partial charge < -0.3 is 9.94 Å². The third-order valence-corrected chi connectivity index (χ3v) is 5.73. The molecule has 0 unspecified atom stereocenters. The van der Waals surface area contributed by atoms with E-state index in [0.29, 0.717) is 16.1 Å². The standard InChI is InChI=1S/C20H21F3N4O5/c1-10-11(2)27(31)16(24(10)3)14(12-6-8-13(9-7-12)32-20(21,22)23)15-17(28)25(4)19(30)26(5)18(15)29/h6-9,14-15H,1-5H3/t14-/m0/s1. The molecule has 0 radical (unpaired) electrons. The largest absolute Gasteiger partial charge is 0.711 e. The number of barbiturate groups is 1. The van der Waals surface area contributed by atoms with Crippen LogP contribution in [0.4, 0.5) is 18.0 Å². The van der Waals surface area contributed by atoms with E-state index in [1.165, 1.54) is 30.8 Å². The van der Waals surface area contributed by atoms with Gasteiger partial charge in [-0.2, -0.15) is 0 Å². The molecule has 3 rings (SSSR count). The molecule has 1 aliphatic rings. The predicted molar refractivity (Wildman–Crippen MR) is 103 cm³/mol. The molecule has 32 heavy (non-hydrogen) atoms. The second-order valence-electron chi connectivity index (χ2n) is 7.53. The van der Waals surface area contributed by atoms with Crippen LogP contribution in [-0.4, -0.2) is 52.7 Å². The van der Waals surface area contributed by atoms with E-state index in [-0.39, 0.29) is 11.4 Å². The van der Waals surface area contributed by atoms with Crippen molar-refractivity contribution in [2.45, 2.75) is 26.1 Å². The maximum Gasteiger partial charge on any atom is 0.573 e. The number of halogens is 3. The highest BCUT2D eigenvalue weighted by atomic mass is 19.4. The first-order chi connectivity index (χ1) is 14.8. The lowest BCUT2D eigenvalue weighted by atomic mass is 9.82. The average Bonchev–Trinajstić information content (AvgIpc) is 2.91. The number of urea groups is 1. The van der Waals surface area contributed by atoms with Gasteiger partial charge in [-0.3, -0.25) is 19.4 Å². The molecule has 1 atom stereocenters. The van der Waals surface area contributed by atoms with Crippen molar-refractivity contribution in [2.75, 3.05) is 14.1 Å². The number of hydrogen-bond acceptors (Lipinski definition) is 5. The quantitative estimate of drug-likeness (QED) is 0.400. The highest BCUT2D eigenvalue weighted by Crippen LogP contribution is 2.37. The summed E-state index contributed by atoms with van der Waals surface area (Å²) in [7, 11) is 4.01. The molecule has 0 N–H and O–H groups in total. The van der Waals surface area contributed by atoms with Gasteiger partial charge in [-0.1, -0.05) is 12.1 Å². The van der Waals surface area contributed by atoms with Gasteiger partial charge >= 0.3 is 12.4 Å². The normalized spacial score (nSPS) is 16.7. The van der Waals surface area contributed by atoms with Gasteiger partial charge in [0.2, 0.25) is 11.8 Å². The second-order valence-corrected chi connectivity index (χ2v) is 7.53. The highest BCUT2D eigenvalue weighted by molar-refractivity contribution is 6.16. The van der Waals surface area contributed by atoms with Crippen LogP contribution in [-0.2, 0) is 16.6 Å². The van der Waals surface area contributed by atoms with Crippen molar-refractivity contribution in [3.05, 3.63) is 52.2 Å². The minimum Gasteiger partial charge on any atom is -0.711 e. The van der Waals surface area contributed by atoms with E-state index < -0.39 is 41.8 Å². The number of alkyl halides is 3. The van der Waals surface area contributed by atoms with Crippen LogP contribution in [0.5, 0.6) is 5.75 Å². The Morgan fingerprint density at radius 3 is 1.91 bits per heavy atom. The van der Waals surface area contributed by atoms with E-state index in [2.05, 4.69) is 4.74 Å². The number of imide groups is 2. The maximum atomic E-state index is 13.0. The number of aromatic nitrogens is 2. The molecule has 1 aromatic heterocycles. The fourth-order valence-electron chi connectivity index (χ4n) is 3.79. The van der Waals surface area contributed by atoms with E-state index in [0.717, 1.165) is 21.9 Å². The molecule has 2 heterocycles. The lowest BCUT2D eigenvalue weighted by Crippen LogP contribution is -2.59. The molecule has 0 bridgehead atoms. The van der Waals surface area contributed by atoms with Gasteiger partial charge in [-0.15, -0.1) is 13.2 Å². The summed E-state index contributed by atoms with van der Waals surface area (Å²) in [6, 6.07) is 3.74. The number of hydrogen-bond donors (Lipinski definition) is 0. The predicted octanol–water partition coefficient (Wildman–Crippen LogP) is 1.97. The SMILES string of the molecule is Cc1c(C)[n+]([O-])c([C@@H](c2ccc(OC(F)(F)F)cc2)C2C(=O)N(C)C(=O)N(C)C2=O)n1C. The van der Waals surface area contributed by atoms with Gasteiger partial charge in [0.05, 0.1) is 7.05 Å². The van der Waals surface area contributed by atoms with Crippen LogP contribution in [0.1, 0.15) is 28.7 Å². The van der Waals surface area contributed by atoms with Gasteiger partial charge in [-0.25, -0.2) is 14.1 Å². The Kier molecular flexibility index (Phi) is 5.66. The number of benzene rings is 1. The van der Waals surface area contributed by atoms with Crippen LogP contribution in [0.15, 0.2) is 24.3 Å². The summed E-state index contributed by atoms with van der Waals surface area (Å²) in [5.41, 5.74) is 1.14. The molecule has 4 amide bonds. The number of imidazole rings is 1. The second kappa shape index (κ2) is 7.84. The molecule has 1 saturated heterocycles. The molecule has 1 fully saturated rings. The molecule has 1 aromatic carbocycles. The fourth-order valence-corrected chi connectivity index (χ4v) is 3.79. The molecular formula is C20H21F3N4O5. The Morgan fingerprint density at radius 2 is 1.50 bits per heavy atom. The van der Waals surface area contributed by atoms with Gasteiger partial charge in [0, 0.05) is 27.9 Å². The molecule has 12 heteroatoms. The van der Waals surface area contributed by atoms with Crippen LogP contribution < -0.4 is 9.47 Å². The molecule has 9 nitrogen and oxygen atoms in total. The van der Waals surface area contributed by atoms with Crippen molar-refractivity contribution < 1.29 is 37.0 Å². The Bertz CT molecular complexity index is 1040. The lowest BCUT2D eigenvalue weighted by Gasteiger charge is -2.35. The average molecular weight is 454 g/mol. The molecule has 172 valence electrons. The molecule has 0 spiro atoms. The Hall–Kier alpha value is -3.57. The van der Waals surface area contributed by atoms with Crippen molar-refractivity contribution in [2.24, 2.45) is 13.0 Å². The van der Waals surface area contributed by atoms with E-state index in [4.69, 9.17) is 0 Å². The summed E-state index contributed by atoms with van der Waals surface area (Å²) in [5, 5.41) is 13.0. The highest BCUT2D eigenvalue weighted by Gasteiger charge is 2.51. The number of carbonyl (C=O) groups excluding carboxylic acids is 3. The molecule has 1 aliphatic heterocycles. The Morgan fingerprint density at radius 1 is 1.00 bits per heavy atom. The Labute approximate surface area is 181 Å². The third kappa shape index (κ3) is 3.76. The van der Waals surface area contributed by atoms with Crippen molar-refractivity contribution >= 4 is 17.8 Å². The van der Waals surface area contributed by atoms with Crippen LogP contribution in [0.2, 0.25) is 0 Å². The topological polar surface area (TPSA) is 98.8 Å². The smallest absolute Gasteiger partial charge is 0.573 e. The maximum absolute atomic E-state index is 13.0. The van der Waals surface area contributed by atoms with Gasteiger partial charge in [0.25, 0.3) is 5.82 Å². The summed E-state index contributed by atoms with van der Waals surface area (Å²) in [4.78, 5) is 39.7. The molecule has 0 saturated carbocycles. The minimum absolute atomic E-state index is 0.0346. The van der Waals surface area contributed by atoms with E-state index in [9.17, 15) is 32.8 Å². The van der Waals surface area contributed by atoms with Gasteiger partial charge in [0.1, 0.15) is 29.0 Å². The molecule has 2 aromatic rings. The van der Waals surface area contributed by atoms with Crippen LogP contribution in [0, 0.1) is 25.0 Å². The van der Waals surface area contributed by atoms with Crippen LogP contribution >= 0.6 is 0 Å². The Balaban J connectivity index is 2.20. The zero-order valence-electron chi connectivity index (χ0n) is 17.9. The van der Waals surface area contributed by atoms with Crippen LogP contribution in [0.3, 0.4) is 0 Å². The molecule has 0 aliphatic carbocycles. The first-order valence-electron chi connectivity index (χ1n) is 9.46. The van der Waals surface area contributed by atoms with Gasteiger partial charge in [0.15, 0.2) is 0 Å². The van der Waals surface area contributed by atoms with Crippen LogP contribution in [0.25, 0.3) is 0 Å². The van der Waals surface area contributed by atoms with E-state index >= 15 is 0 Å².